The van der Waals surface area contributed by atoms with E-state index in [1.807, 2.05) is 28.0 Å². The van der Waals surface area contributed by atoms with Gasteiger partial charge in [0.25, 0.3) is 5.91 Å². The normalized spacial score (nSPS) is 15.9. The van der Waals surface area contributed by atoms with Crippen molar-refractivity contribution in [2.24, 2.45) is 0 Å². The third-order valence-electron chi connectivity index (χ3n) is 6.23. The molecule has 0 bridgehead atoms. The van der Waals surface area contributed by atoms with Gasteiger partial charge in [-0.2, -0.15) is 0 Å². The lowest BCUT2D eigenvalue weighted by atomic mass is 10.0. The van der Waals surface area contributed by atoms with Crippen molar-refractivity contribution in [3.05, 3.63) is 84.9 Å². The summed E-state index contributed by atoms with van der Waals surface area (Å²) >= 11 is 1.82. The molecule has 164 valence electrons. The molecule has 5 aromatic rings. The number of carbonyl (C=O) groups is 1. The summed E-state index contributed by atoms with van der Waals surface area (Å²) in [5.41, 5.74) is 3.74. The van der Waals surface area contributed by atoms with Crippen molar-refractivity contribution in [2.45, 2.75) is 18.9 Å². The zero-order valence-corrected chi connectivity index (χ0v) is 18.8. The van der Waals surface area contributed by atoms with E-state index in [1.54, 1.807) is 12.5 Å². The standard InChI is InChI=1S/C27H23N3O2S/c31-27(29-15-20-8-5-13-32-20)24-16-28-17-30(24)19-7-3-6-18(14-19)21-10-4-11-23-22-9-1-2-12-25(22)33-26(21)23/h1-4,6-7,9-12,14,16-17,20H,5,8,13,15H2,(H,29,31)/t20-/m0/s1. The quantitative estimate of drug-likeness (QED) is 0.365. The lowest BCUT2D eigenvalue weighted by molar-refractivity contribution is 0.0852. The van der Waals surface area contributed by atoms with Crippen LogP contribution in [-0.4, -0.2) is 34.7 Å². The molecule has 1 aliphatic heterocycles. The molecule has 33 heavy (non-hydrogen) atoms. The average Bonchev–Trinajstić information content (AvgIpc) is 3.62. The largest absolute Gasteiger partial charge is 0.376 e. The predicted molar refractivity (Wildman–Crippen MR) is 133 cm³/mol. The highest BCUT2D eigenvalue weighted by Gasteiger charge is 2.19. The highest BCUT2D eigenvalue weighted by atomic mass is 32.1. The van der Waals surface area contributed by atoms with Gasteiger partial charge in [-0.3, -0.25) is 9.36 Å². The summed E-state index contributed by atoms with van der Waals surface area (Å²) in [5, 5.41) is 5.56. The van der Waals surface area contributed by atoms with Crippen LogP contribution in [0.3, 0.4) is 0 Å². The molecule has 0 saturated carbocycles. The molecule has 1 saturated heterocycles. The number of benzene rings is 3. The van der Waals surface area contributed by atoms with E-state index in [9.17, 15) is 4.79 Å². The minimum atomic E-state index is -0.139. The van der Waals surface area contributed by atoms with Crippen LogP contribution in [0.1, 0.15) is 23.3 Å². The Balaban J connectivity index is 1.35. The van der Waals surface area contributed by atoms with Crippen LogP contribution in [0.5, 0.6) is 0 Å². The molecular weight excluding hydrogens is 430 g/mol. The Bertz CT molecular complexity index is 1460. The summed E-state index contributed by atoms with van der Waals surface area (Å²) in [6.07, 6.45) is 5.46. The van der Waals surface area contributed by atoms with Gasteiger partial charge in [0, 0.05) is 39.0 Å². The third kappa shape index (κ3) is 3.71. The molecule has 0 aliphatic carbocycles. The van der Waals surface area contributed by atoms with Gasteiger partial charge in [0.2, 0.25) is 0 Å². The minimum Gasteiger partial charge on any atom is -0.376 e. The van der Waals surface area contributed by atoms with Crippen LogP contribution in [-0.2, 0) is 4.74 Å². The smallest absolute Gasteiger partial charge is 0.270 e. The maximum absolute atomic E-state index is 12.9. The molecular formula is C27H23N3O2S. The molecule has 0 unspecified atom stereocenters. The predicted octanol–water partition coefficient (Wildman–Crippen LogP) is 5.82. The number of nitrogens with zero attached hydrogens (tertiary/aromatic N) is 2. The fourth-order valence-corrected chi connectivity index (χ4v) is 5.81. The maximum Gasteiger partial charge on any atom is 0.270 e. The molecule has 1 fully saturated rings. The number of aromatic nitrogens is 2. The number of hydrogen-bond donors (Lipinski definition) is 1. The zero-order chi connectivity index (χ0) is 22.2. The van der Waals surface area contributed by atoms with E-state index in [4.69, 9.17) is 4.74 Å². The molecule has 2 aromatic heterocycles. The highest BCUT2D eigenvalue weighted by Crippen LogP contribution is 2.40. The van der Waals surface area contributed by atoms with Crippen LogP contribution in [0, 0.1) is 0 Å². The summed E-state index contributed by atoms with van der Waals surface area (Å²) in [6, 6.07) is 23.3. The number of amides is 1. The van der Waals surface area contributed by atoms with Crippen molar-refractivity contribution < 1.29 is 9.53 Å². The van der Waals surface area contributed by atoms with E-state index < -0.39 is 0 Å². The summed E-state index contributed by atoms with van der Waals surface area (Å²) in [5.74, 6) is -0.139. The highest BCUT2D eigenvalue weighted by molar-refractivity contribution is 7.26. The van der Waals surface area contributed by atoms with Crippen molar-refractivity contribution in [3.8, 4) is 16.8 Å². The van der Waals surface area contributed by atoms with E-state index in [0.29, 0.717) is 12.2 Å². The van der Waals surface area contributed by atoms with E-state index in [1.165, 1.54) is 25.7 Å². The van der Waals surface area contributed by atoms with Crippen LogP contribution < -0.4 is 5.32 Å². The Labute approximate surface area is 195 Å². The molecule has 3 aromatic carbocycles. The number of carbonyl (C=O) groups excluding carboxylic acids is 1. The number of nitrogens with one attached hydrogen (secondary N) is 1. The number of fused-ring (bicyclic) bond motifs is 3. The van der Waals surface area contributed by atoms with Crippen LogP contribution >= 0.6 is 11.3 Å². The molecule has 6 rings (SSSR count). The second kappa shape index (κ2) is 8.46. The van der Waals surface area contributed by atoms with Gasteiger partial charge in [-0.25, -0.2) is 4.98 Å². The summed E-state index contributed by atoms with van der Waals surface area (Å²) in [7, 11) is 0. The van der Waals surface area contributed by atoms with Crippen LogP contribution in [0.2, 0.25) is 0 Å². The molecule has 6 heteroatoms. The number of thiophene rings is 1. The SMILES string of the molecule is O=C(NC[C@@H]1CCCO1)c1cncn1-c1cccc(-c2cccc3c2sc2ccccc23)c1. The molecule has 1 amide bonds. The Hall–Kier alpha value is -3.48. The summed E-state index contributed by atoms with van der Waals surface area (Å²) in [6.45, 7) is 1.30. The third-order valence-corrected chi connectivity index (χ3v) is 7.44. The van der Waals surface area contributed by atoms with Crippen molar-refractivity contribution in [1.29, 1.82) is 0 Å². The van der Waals surface area contributed by atoms with Gasteiger partial charge in [-0.05, 0) is 42.2 Å². The van der Waals surface area contributed by atoms with Crippen molar-refractivity contribution >= 4 is 37.4 Å². The topological polar surface area (TPSA) is 56.1 Å². The summed E-state index contributed by atoms with van der Waals surface area (Å²) < 4.78 is 10.0. The Morgan fingerprint density at radius 1 is 1.09 bits per heavy atom. The van der Waals surface area contributed by atoms with Gasteiger partial charge in [-0.15, -0.1) is 11.3 Å². The Morgan fingerprint density at radius 2 is 1.97 bits per heavy atom. The number of ether oxygens (including phenoxy) is 1. The van der Waals surface area contributed by atoms with Gasteiger partial charge >= 0.3 is 0 Å². The number of imidazole rings is 1. The average molecular weight is 454 g/mol. The maximum atomic E-state index is 12.9. The van der Waals surface area contributed by atoms with Gasteiger partial charge in [0.05, 0.1) is 18.6 Å². The van der Waals surface area contributed by atoms with Crippen LogP contribution in [0.15, 0.2) is 79.3 Å². The molecule has 1 aliphatic rings. The van der Waals surface area contributed by atoms with Crippen LogP contribution in [0.4, 0.5) is 0 Å². The van der Waals surface area contributed by atoms with Crippen molar-refractivity contribution in [1.82, 2.24) is 14.9 Å². The Morgan fingerprint density at radius 3 is 2.88 bits per heavy atom. The molecule has 5 nitrogen and oxygen atoms in total. The monoisotopic (exact) mass is 453 g/mol. The lowest BCUT2D eigenvalue weighted by Gasteiger charge is -2.13. The van der Waals surface area contributed by atoms with E-state index in [-0.39, 0.29) is 12.0 Å². The summed E-state index contributed by atoms with van der Waals surface area (Å²) in [4.78, 5) is 17.1. The fourth-order valence-electron chi connectivity index (χ4n) is 4.57. The lowest BCUT2D eigenvalue weighted by Crippen LogP contribution is -2.32. The van der Waals surface area contributed by atoms with Gasteiger partial charge in [0.15, 0.2) is 0 Å². The first-order valence-electron chi connectivity index (χ1n) is 11.2. The molecule has 1 N–H and O–H groups in total. The molecule has 3 heterocycles. The van der Waals surface area contributed by atoms with E-state index >= 15 is 0 Å². The van der Waals surface area contributed by atoms with Gasteiger partial charge in [0.1, 0.15) is 5.69 Å². The minimum absolute atomic E-state index is 0.107. The molecule has 0 radical (unpaired) electrons. The van der Waals surface area contributed by atoms with Gasteiger partial charge < -0.3 is 10.1 Å². The number of hydrogen-bond acceptors (Lipinski definition) is 4. The second-order valence-corrected chi connectivity index (χ2v) is 9.38. The Kier molecular flexibility index (Phi) is 5.17. The fraction of sp³-hybridized carbons (Fsp3) is 0.185. The zero-order valence-electron chi connectivity index (χ0n) is 18.0. The molecule has 0 spiro atoms. The van der Waals surface area contributed by atoms with Crippen LogP contribution in [0.25, 0.3) is 37.0 Å². The second-order valence-electron chi connectivity index (χ2n) is 8.32. The molecule has 1 atom stereocenters. The van der Waals surface area contributed by atoms with Gasteiger partial charge in [-0.1, -0.05) is 48.5 Å². The van der Waals surface area contributed by atoms with Crippen molar-refractivity contribution in [2.75, 3.05) is 13.2 Å². The van der Waals surface area contributed by atoms with E-state index in [2.05, 4.69) is 64.9 Å². The first-order chi connectivity index (χ1) is 16.3. The number of rotatable bonds is 5. The van der Waals surface area contributed by atoms with Crippen molar-refractivity contribution in [3.63, 3.8) is 0 Å². The van der Waals surface area contributed by atoms with E-state index in [0.717, 1.165) is 30.7 Å². The first-order valence-corrected chi connectivity index (χ1v) is 12.0. The first kappa shape index (κ1) is 20.1.